The second kappa shape index (κ2) is 8.19. The van der Waals surface area contributed by atoms with Gasteiger partial charge in [0.2, 0.25) is 0 Å². The Bertz CT molecular complexity index is 435. The maximum absolute atomic E-state index is 5.93. The molecule has 0 aliphatic carbocycles. The second-order valence-corrected chi connectivity index (χ2v) is 8.36. The van der Waals surface area contributed by atoms with E-state index in [-0.39, 0.29) is 1.43 Å². The topological polar surface area (TPSA) is 19.0 Å². The van der Waals surface area contributed by atoms with E-state index in [4.69, 9.17) is 11.2 Å². The van der Waals surface area contributed by atoms with Crippen LogP contribution in [0.25, 0.3) is 0 Å². The molecule has 1 spiro atoms. The van der Waals surface area contributed by atoms with Crippen molar-refractivity contribution < 1.29 is 6.16 Å². The summed E-state index contributed by atoms with van der Waals surface area (Å²) >= 11 is 0. The van der Waals surface area contributed by atoms with Crippen molar-refractivity contribution in [3.8, 4) is 12.3 Å². The van der Waals surface area contributed by atoms with E-state index in [0.29, 0.717) is 17.6 Å². The van der Waals surface area contributed by atoms with Crippen LogP contribution in [0.3, 0.4) is 0 Å². The summed E-state index contributed by atoms with van der Waals surface area (Å²) in [6.45, 7) is 15.4. The molecule has 0 N–H and O–H groups in total. The van der Waals surface area contributed by atoms with Gasteiger partial charge in [0.25, 0.3) is 0 Å². The first-order valence-corrected chi connectivity index (χ1v) is 9.84. The minimum atomic E-state index is 0. The fourth-order valence-corrected chi connectivity index (χ4v) is 4.54. The van der Waals surface area contributed by atoms with Gasteiger partial charge in [-0.05, 0) is 51.6 Å². The van der Waals surface area contributed by atoms with Crippen LogP contribution < -0.4 is 0 Å². The highest BCUT2D eigenvalue weighted by Gasteiger charge is 2.41. The SMILES string of the molecule is C#CCC1CC2(CCN(CCN3CCN(C(C)C)CC3)CC2)CO1.[HH]. The summed E-state index contributed by atoms with van der Waals surface area (Å²) in [5.41, 5.74) is 0.431. The maximum atomic E-state index is 5.93. The first-order valence-electron chi connectivity index (χ1n) is 9.84. The van der Waals surface area contributed by atoms with E-state index in [1.165, 1.54) is 71.6 Å². The molecule has 3 saturated heterocycles. The highest BCUT2D eigenvalue weighted by atomic mass is 16.5. The number of nitrogens with zero attached hydrogens (tertiary/aromatic N) is 3. The van der Waals surface area contributed by atoms with Crippen molar-refractivity contribution >= 4 is 0 Å². The van der Waals surface area contributed by atoms with Crippen molar-refractivity contribution in [2.45, 2.75) is 51.7 Å². The van der Waals surface area contributed by atoms with E-state index in [1.54, 1.807) is 0 Å². The van der Waals surface area contributed by atoms with E-state index in [1.807, 2.05) is 0 Å². The average molecular weight is 336 g/mol. The Balaban J connectivity index is 0.00000225. The molecule has 0 saturated carbocycles. The van der Waals surface area contributed by atoms with Crippen LogP contribution in [0.1, 0.15) is 41.0 Å². The lowest BCUT2D eigenvalue weighted by atomic mass is 9.76. The Morgan fingerprint density at radius 2 is 1.71 bits per heavy atom. The first-order chi connectivity index (χ1) is 11.6. The molecule has 0 aromatic heterocycles. The number of terminal acetylenes is 1. The van der Waals surface area contributed by atoms with Crippen LogP contribution >= 0.6 is 0 Å². The van der Waals surface area contributed by atoms with E-state index in [9.17, 15) is 0 Å². The van der Waals surface area contributed by atoms with Gasteiger partial charge in [-0.1, -0.05) is 0 Å². The third-order valence-electron chi connectivity index (χ3n) is 6.42. The molecule has 3 rings (SSSR count). The maximum Gasteiger partial charge on any atom is 0.0690 e. The highest BCUT2D eigenvalue weighted by molar-refractivity contribution is 4.97. The predicted molar refractivity (Wildman–Crippen MR) is 101 cm³/mol. The lowest BCUT2D eigenvalue weighted by molar-refractivity contribution is 0.0566. The molecule has 3 fully saturated rings. The molecule has 1 atom stereocenters. The lowest BCUT2D eigenvalue weighted by Gasteiger charge is -2.40. The van der Waals surface area contributed by atoms with Gasteiger partial charge in [-0.15, -0.1) is 12.3 Å². The molecule has 0 amide bonds. The minimum Gasteiger partial charge on any atom is -0.377 e. The number of hydrogen-bond donors (Lipinski definition) is 0. The molecule has 4 nitrogen and oxygen atoms in total. The zero-order chi connectivity index (χ0) is 17.0. The van der Waals surface area contributed by atoms with Gasteiger partial charge in [-0.25, -0.2) is 0 Å². The number of piperidine rings is 1. The first kappa shape index (κ1) is 18.2. The molecule has 24 heavy (non-hydrogen) atoms. The summed E-state index contributed by atoms with van der Waals surface area (Å²) < 4.78 is 5.93. The molecule has 0 bridgehead atoms. The number of likely N-dealkylation sites (tertiary alicyclic amines) is 1. The van der Waals surface area contributed by atoms with Crippen LogP contribution in [0.15, 0.2) is 0 Å². The van der Waals surface area contributed by atoms with E-state index < -0.39 is 0 Å². The second-order valence-electron chi connectivity index (χ2n) is 8.36. The van der Waals surface area contributed by atoms with Gasteiger partial charge in [0.15, 0.2) is 0 Å². The van der Waals surface area contributed by atoms with Crippen molar-refractivity contribution in [2.24, 2.45) is 5.41 Å². The lowest BCUT2D eigenvalue weighted by Crippen LogP contribution is -2.51. The van der Waals surface area contributed by atoms with Crippen molar-refractivity contribution in [1.29, 1.82) is 0 Å². The Morgan fingerprint density at radius 1 is 1.08 bits per heavy atom. The Hall–Kier alpha value is -0.600. The Morgan fingerprint density at radius 3 is 2.29 bits per heavy atom. The largest absolute Gasteiger partial charge is 0.377 e. The van der Waals surface area contributed by atoms with Crippen LogP contribution in [-0.2, 0) is 4.74 Å². The monoisotopic (exact) mass is 335 g/mol. The van der Waals surface area contributed by atoms with Gasteiger partial charge in [0.05, 0.1) is 12.7 Å². The van der Waals surface area contributed by atoms with Gasteiger partial charge in [0, 0.05) is 53.2 Å². The average Bonchev–Trinajstić information content (AvgIpc) is 2.98. The Labute approximate surface area is 150 Å². The Kier molecular flexibility index (Phi) is 6.21. The van der Waals surface area contributed by atoms with Crippen molar-refractivity contribution in [3.63, 3.8) is 0 Å². The third-order valence-corrected chi connectivity index (χ3v) is 6.42. The van der Waals surface area contributed by atoms with E-state index >= 15 is 0 Å². The predicted octanol–water partition coefficient (Wildman–Crippen LogP) is 2.15. The van der Waals surface area contributed by atoms with Crippen LogP contribution in [0.4, 0.5) is 0 Å². The molecule has 138 valence electrons. The van der Waals surface area contributed by atoms with Gasteiger partial charge in [-0.3, -0.25) is 9.80 Å². The van der Waals surface area contributed by atoms with Crippen molar-refractivity contribution in [2.75, 3.05) is 59.0 Å². The van der Waals surface area contributed by atoms with Gasteiger partial charge in [0.1, 0.15) is 0 Å². The molecule has 0 aromatic rings. The molecule has 3 heterocycles. The van der Waals surface area contributed by atoms with Crippen molar-refractivity contribution in [3.05, 3.63) is 0 Å². The normalized spacial score (nSPS) is 29.3. The summed E-state index contributed by atoms with van der Waals surface area (Å²) in [4.78, 5) is 7.90. The number of piperazine rings is 1. The smallest absolute Gasteiger partial charge is 0.0690 e. The zero-order valence-electron chi connectivity index (χ0n) is 15.7. The molecule has 4 heteroatoms. The molecule has 1 unspecified atom stereocenters. The highest BCUT2D eigenvalue weighted by Crippen LogP contribution is 2.42. The van der Waals surface area contributed by atoms with Crippen LogP contribution in [0, 0.1) is 17.8 Å². The van der Waals surface area contributed by atoms with Gasteiger partial charge in [-0.2, -0.15) is 0 Å². The van der Waals surface area contributed by atoms with Crippen molar-refractivity contribution in [1.82, 2.24) is 14.7 Å². The minimum absolute atomic E-state index is 0. The molecular formula is C20H37N3O. The summed E-state index contributed by atoms with van der Waals surface area (Å²) in [6.07, 6.45) is 10.3. The van der Waals surface area contributed by atoms with Crippen LogP contribution in [-0.4, -0.2) is 85.8 Å². The van der Waals surface area contributed by atoms with Gasteiger partial charge < -0.3 is 9.64 Å². The zero-order valence-corrected chi connectivity index (χ0v) is 15.7. The van der Waals surface area contributed by atoms with Gasteiger partial charge >= 0.3 is 0 Å². The number of hydrogen-bond acceptors (Lipinski definition) is 4. The summed E-state index contributed by atoms with van der Waals surface area (Å²) in [7, 11) is 0. The summed E-state index contributed by atoms with van der Waals surface area (Å²) in [5.74, 6) is 2.76. The third kappa shape index (κ3) is 4.52. The quantitative estimate of drug-likeness (QED) is 0.717. The standard InChI is InChI=1S/C20H35N3O.H2/c1-4-5-19-16-20(17-24-19)6-8-21(9-7-20)10-11-22-12-14-23(15-13-22)18(2)3;/h1,18-19H,5-17H2,2-3H3;1H. The van der Waals surface area contributed by atoms with Crippen LogP contribution in [0.5, 0.6) is 0 Å². The van der Waals surface area contributed by atoms with E-state index in [2.05, 4.69) is 34.5 Å². The summed E-state index contributed by atoms with van der Waals surface area (Å²) in [5, 5.41) is 0. The fraction of sp³-hybridized carbons (Fsp3) is 0.900. The molecule has 3 aliphatic heterocycles. The number of rotatable bonds is 5. The van der Waals surface area contributed by atoms with Crippen LogP contribution in [0.2, 0.25) is 0 Å². The fourth-order valence-electron chi connectivity index (χ4n) is 4.54. The molecule has 0 aromatic carbocycles. The number of ether oxygens (including phenoxy) is 1. The van der Waals surface area contributed by atoms with E-state index in [0.717, 1.165) is 13.0 Å². The molecule has 3 aliphatic rings. The molecular weight excluding hydrogens is 298 g/mol. The molecule has 0 radical (unpaired) electrons. The summed E-state index contributed by atoms with van der Waals surface area (Å²) in [6, 6.07) is 0.692.